The van der Waals surface area contributed by atoms with Gasteiger partial charge >= 0.3 is 5.97 Å². The second kappa shape index (κ2) is 10.7. The Morgan fingerprint density at radius 1 is 1.17 bits per heavy atom. The molecule has 3 heterocycles. The van der Waals surface area contributed by atoms with Crippen molar-refractivity contribution in [2.75, 3.05) is 6.61 Å². The molecule has 1 aliphatic rings. The minimum absolute atomic E-state index is 0.174. The number of aromatic nitrogens is 1. The lowest BCUT2D eigenvalue weighted by atomic mass is 10.0. The molecule has 8 heteroatoms. The minimum Gasteiger partial charge on any atom is -0.494 e. The van der Waals surface area contributed by atoms with Gasteiger partial charge in [0, 0.05) is 4.88 Å². The Morgan fingerprint density at radius 3 is 2.54 bits per heavy atom. The van der Waals surface area contributed by atoms with Crippen molar-refractivity contribution in [2.45, 2.75) is 53.2 Å². The zero-order chi connectivity index (χ0) is 25.1. The molecule has 0 bridgehead atoms. The van der Waals surface area contributed by atoms with Crippen molar-refractivity contribution >= 4 is 34.7 Å². The molecule has 0 saturated carbocycles. The number of allylic oxidation sites excluding steroid dienone is 1. The molecule has 1 aliphatic heterocycles. The average molecular weight is 511 g/mol. The monoisotopic (exact) mass is 510 g/mol. The van der Waals surface area contributed by atoms with E-state index in [1.165, 1.54) is 22.7 Å². The van der Waals surface area contributed by atoms with Crippen LogP contribution in [0.5, 0.6) is 5.75 Å². The van der Waals surface area contributed by atoms with E-state index in [1.54, 1.807) is 11.5 Å². The van der Waals surface area contributed by atoms with Gasteiger partial charge in [-0.25, -0.2) is 9.79 Å². The van der Waals surface area contributed by atoms with Crippen LogP contribution in [0.1, 0.15) is 57.5 Å². The molecule has 1 atom stereocenters. The Labute approximate surface area is 212 Å². The average Bonchev–Trinajstić information content (AvgIpc) is 3.42. The SMILES string of the molecule is CC1=C(C(=O)OC(C)C)[C@H](c2cccs2)n2c(s/c(=C\c3ccc(OCCC(C)C)cc3)c2=O)=N1. The number of ether oxygens (including phenoxy) is 2. The van der Waals surface area contributed by atoms with E-state index in [0.29, 0.717) is 33.1 Å². The Balaban J connectivity index is 1.72. The number of rotatable bonds is 8. The summed E-state index contributed by atoms with van der Waals surface area (Å²) in [5.41, 5.74) is 1.70. The lowest BCUT2D eigenvalue weighted by Crippen LogP contribution is -2.39. The molecule has 2 aromatic heterocycles. The van der Waals surface area contributed by atoms with Crippen LogP contribution < -0.4 is 19.6 Å². The van der Waals surface area contributed by atoms with Crippen molar-refractivity contribution in [3.63, 3.8) is 0 Å². The number of carbonyl (C=O) groups excluding carboxylic acids is 1. The van der Waals surface area contributed by atoms with E-state index in [-0.39, 0.29) is 11.7 Å². The van der Waals surface area contributed by atoms with Gasteiger partial charge in [-0.05, 0) is 68.3 Å². The van der Waals surface area contributed by atoms with E-state index in [9.17, 15) is 9.59 Å². The normalized spacial score (nSPS) is 16.0. The van der Waals surface area contributed by atoms with E-state index in [4.69, 9.17) is 9.47 Å². The van der Waals surface area contributed by atoms with Crippen LogP contribution in [0, 0.1) is 5.92 Å². The summed E-state index contributed by atoms with van der Waals surface area (Å²) in [4.78, 5) is 32.7. The van der Waals surface area contributed by atoms with E-state index in [1.807, 2.05) is 61.7 Å². The summed E-state index contributed by atoms with van der Waals surface area (Å²) in [5, 5.41) is 1.94. The first-order chi connectivity index (χ1) is 16.7. The summed E-state index contributed by atoms with van der Waals surface area (Å²) in [7, 11) is 0. The topological polar surface area (TPSA) is 69.9 Å². The molecule has 0 fully saturated rings. The number of thiophene rings is 1. The first kappa shape index (κ1) is 25.1. The Kier molecular flexibility index (Phi) is 7.72. The first-order valence-electron chi connectivity index (χ1n) is 11.7. The molecule has 0 aliphatic carbocycles. The highest BCUT2D eigenvalue weighted by molar-refractivity contribution is 7.10. The van der Waals surface area contributed by atoms with E-state index in [0.717, 1.165) is 22.6 Å². The van der Waals surface area contributed by atoms with Crippen LogP contribution in [0.4, 0.5) is 0 Å². The second-order valence-corrected chi connectivity index (χ2v) is 11.1. The number of esters is 1. The van der Waals surface area contributed by atoms with Crippen LogP contribution in [-0.2, 0) is 9.53 Å². The molecule has 184 valence electrons. The fourth-order valence-electron chi connectivity index (χ4n) is 3.80. The van der Waals surface area contributed by atoms with Crippen molar-refractivity contribution in [3.05, 3.63) is 83.2 Å². The fraction of sp³-hybridized carbons (Fsp3) is 0.370. The maximum Gasteiger partial charge on any atom is 0.338 e. The molecule has 4 rings (SSSR count). The highest BCUT2D eigenvalue weighted by atomic mass is 32.1. The van der Waals surface area contributed by atoms with Crippen LogP contribution in [0.15, 0.2) is 62.8 Å². The minimum atomic E-state index is -0.559. The van der Waals surface area contributed by atoms with E-state index < -0.39 is 12.0 Å². The highest BCUT2D eigenvalue weighted by Crippen LogP contribution is 2.33. The van der Waals surface area contributed by atoms with E-state index >= 15 is 0 Å². The lowest BCUT2D eigenvalue weighted by molar-refractivity contribution is -0.143. The Morgan fingerprint density at radius 2 is 1.91 bits per heavy atom. The molecular weight excluding hydrogens is 480 g/mol. The summed E-state index contributed by atoms with van der Waals surface area (Å²) in [6.45, 7) is 10.4. The molecule has 6 nitrogen and oxygen atoms in total. The molecule has 35 heavy (non-hydrogen) atoms. The lowest BCUT2D eigenvalue weighted by Gasteiger charge is -2.24. The van der Waals surface area contributed by atoms with Gasteiger partial charge in [-0.15, -0.1) is 11.3 Å². The third kappa shape index (κ3) is 5.65. The van der Waals surface area contributed by atoms with Crippen molar-refractivity contribution in [3.8, 4) is 5.75 Å². The fourth-order valence-corrected chi connectivity index (χ4v) is 5.67. The van der Waals surface area contributed by atoms with Crippen LogP contribution in [0.25, 0.3) is 6.08 Å². The number of fused-ring (bicyclic) bond motifs is 1. The quantitative estimate of drug-likeness (QED) is 0.413. The van der Waals surface area contributed by atoms with Gasteiger partial charge in [-0.2, -0.15) is 0 Å². The Bertz CT molecular complexity index is 1390. The molecule has 1 aromatic carbocycles. The van der Waals surface area contributed by atoms with Crippen LogP contribution in [0.3, 0.4) is 0 Å². The summed E-state index contributed by atoms with van der Waals surface area (Å²) in [6, 6.07) is 11.0. The van der Waals surface area contributed by atoms with Crippen LogP contribution in [0.2, 0.25) is 0 Å². The molecule has 0 unspecified atom stereocenters. The van der Waals surface area contributed by atoms with Gasteiger partial charge in [-0.1, -0.05) is 43.4 Å². The van der Waals surface area contributed by atoms with Gasteiger partial charge in [-0.3, -0.25) is 9.36 Å². The number of hydrogen-bond acceptors (Lipinski definition) is 7. The summed E-state index contributed by atoms with van der Waals surface area (Å²) in [6.07, 6.45) is 2.59. The molecule has 3 aromatic rings. The number of carbonyl (C=O) groups is 1. The maximum absolute atomic E-state index is 13.6. The van der Waals surface area contributed by atoms with Crippen LogP contribution >= 0.6 is 22.7 Å². The molecule has 0 spiro atoms. The third-order valence-electron chi connectivity index (χ3n) is 5.54. The largest absolute Gasteiger partial charge is 0.494 e. The van der Waals surface area contributed by atoms with Gasteiger partial charge in [0.2, 0.25) is 0 Å². The molecule has 0 saturated heterocycles. The predicted octanol–water partition coefficient (Wildman–Crippen LogP) is 4.67. The standard InChI is InChI=1S/C27H30N2O4S2/c1-16(2)12-13-32-20-10-8-19(9-11-20)15-22-25(30)29-24(21-7-6-14-34-21)23(26(31)33-17(3)4)18(5)28-27(29)35-22/h6-11,14-17,24H,12-13H2,1-5H3/b22-15-/t24-/m0/s1. The van der Waals surface area contributed by atoms with Crippen molar-refractivity contribution < 1.29 is 14.3 Å². The molecular formula is C27H30N2O4S2. The maximum atomic E-state index is 13.6. The van der Waals surface area contributed by atoms with Crippen molar-refractivity contribution in [1.82, 2.24) is 4.57 Å². The summed E-state index contributed by atoms with van der Waals surface area (Å²) in [5.74, 6) is 0.961. The third-order valence-corrected chi connectivity index (χ3v) is 7.45. The summed E-state index contributed by atoms with van der Waals surface area (Å²) < 4.78 is 13.5. The number of nitrogens with zero attached hydrogens (tertiary/aromatic N) is 2. The molecule has 0 amide bonds. The number of benzene rings is 1. The first-order valence-corrected chi connectivity index (χ1v) is 13.4. The second-order valence-electron chi connectivity index (χ2n) is 9.15. The van der Waals surface area contributed by atoms with Crippen molar-refractivity contribution in [2.24, 2.45) is 10.9 Å². The Hall–Kier alpha value is -2.97. The van der Waals surface area contributed by atoms with Gasteiger partial charge in [0.15, 0.2) is 4.80 Å². The van der Waals surface area contributed by atoms with Gasteiger partial charge in [0.05, 0.1) is 28.5 Å². The number of hydrogen-bond donors (Lipinski definition) is 0. The number of thiazole rings is 1. The zero-order valence-corrected chi connectivity index (χ0v) is 22.2. The molecule has 0 N–H and O–H groups in total. The van der Waals surface area contributed by atoms with Gasteiger partial charge < -0.3 is 9.47 Å². The summed E-state index contributed by atoms with van der Waals surface area (Å²) >= 11 is 2.83. The predicted molar refractivity (Wildman–Crippen MR) is 141 cm³/mol. The highest BCUT2D eigenvalue weighted by Gasteiger charge is 2.34. The van der Waals surface area contributed by atoms with Gasteiger partial charge in [0.25, 0.3) is 5.56 Å². The van der Waals surface area contributed by atoms with Gasteiger partial charge in [0.1, 0.15) is 11.8 Å². The zero-order valence-electron chi connectivity index (χ0n) is 20.6. The van der Waals surface area contributed by atoms with E-state index in [2.05, 4.69) is 18.8 Å². The van der Waals surface area contributed by atoms with Crippen molar-refractivity contribution in [1.29, 1.82) is 0 Å². The smallest absolute Gasteiger partial charge is 0.338 e. The van der Waals surface area contributed by atoms with Crippen LogP contribution in [-0.4, -0.2) is 23.2 Å². The molecule has 0 radical (unpaired) electrons.